The zero-order chi connectivity index (χ0) is 13.9. The van der Waals surface area contributed by atoms with E-state index in [-0.39, 0.29) is 24.2 Å². The highest BCUT2D eigenvalue weighted by molar-refractivity contribution is 7.94. The molecule has 0 fully saturated rings. The maximum absolute atomic E-state index is 11.2. The van der Waals surface area contributed by atoms with Crippen LogP contribution in [0.4, 0.5) is 0 Å². The first-order chi connectivity index (χ1) is 8.98. The molecule has 0 aliphatic carbocycles. The molecular weight excluding hydrogens is 286 g/mol. The molecule has 1 aromatic rings. The Kier molecular flexibility index (Phi) is 4.38. The lowest BCUT2D eigenvalue weighted by Crippen LogP contribution is -2.29. The molecule has 7 heteroatoms. The molecule has 0 aromatic carbocycles. The van der Waals surface area contributed by atoms with Crippen molar-refractivity contribution in [3.63, 3.8) is 0 Å². The van der Waals surface area contributed by atoms with Crippen molar-refractivity contribution < 1.29 is 17.9 Å². The highest BCUT2D eigenvalue weighted by atomic mass is 32.2. The molecule has 0 amide bonds. The highest BCUT2D eigenvalue weighted by Crippen LogP contribution is 2.18. The first kappa shape index (κ1) is 14.2. The quantitative estimate of drug-likeness (QED) is 0.817. The molecule has 0 bridgehead atoms. The van der Waals surface area contributed by atoms with Crippen molar-refractivity contribution in [1.29, 1.82) is 0 Å². The van der Waals surface area contributed by atoms with Gasteiger partial charge >= 0.3 is 5.97 Å². The van der Waals surface area contributed by atoms with Crippen LogP contribution in [0.3, 0.4) is 0 Å². The molecular formula is C12H15NO4S2. The van der Waals surface area contributed by atoms with E-state index in [1.807, 2.05) is 12.1 Å². The van der Waals surface area contributed by atoms with Crippen LogP contribution in [0.25, 0.3) is 0 Å². The lowest BCUT2D eigenvalue weighted by molar-refractivity contribution is -0.139. The fourth-order valence-electron chi connectivity index (χ4n) is 1.76. The normalized spacial score (nSPS) is 20.6. The van der Waals surface area contributed by atoms with Gasteiger partial charge < -0.3 is 10.1 Å². The molecule has 1 N–H and O–H groups in total. The van der Waals surface area contributed by atoms with Crippen LogP contribution in [0.15, 0.2) is 23.6 Å². The summed E-state index contributed by atoms with van der Waals surface area (Å²) in [6.07, 6.45) is 1.94. The summed E-state index contributed by atoms with van der Waals surface area (Å²) in [5.41, 5.74) is 0. The van der Waals surface area contributed by atoms with Crippen LogP contribution in [-0.4, -0.2) is 33.3 Å². The molecule has 19 heavy (non-hydrogen) atoms. The number of sulfone groups is 1. The van der Waals surface area contributed by atoms with Crippen LogP contribution >= 0.6 is 11.3 Å². The van der Waals surface area contributed by atoms with Gasteiger partial charge in [0.15, 0.2) is 9.84 Å². The molecule has 0 spiro atoms. The third-order valence-electron chi connectivity index (χ3n) is 2.73. The number of rotatable bonds is 5. The number of methoxy groups -OCH3 is 1. The van der Waals surface area contributed by atoms with Gasteiger partial charge in [0, 0.05) is 27.7 Å². The Labute approximate surface area is 116 Å². The van der Waals surface area contributed by atoms with E-state index in [2.05, 4.69) is 10.1 Å². The summed E-state index contributed by atoms with van der Waals surface area (Å²) >= 11 is 1.52. The first-order valence-electron chi connectivity index (χ1n) is 5.77. The predicted molar refractivity (Wildman–Crippen MR) is 73.6 cm³/mol. The molecule has 2 rings (SSSR count). The maximum atomic E-state index is 11.2. The van der Waals surface area contributed by atoms with Gasteiger partial charge in [0.05, 0.1) is 19.3 Å². The standard InChI is InChI=1S/C12H15NO4S2/c1-17-12(14)6-10-2-3-11(18-10)7-13-9-4-5-19(15,16)8-9/h2-5,9,13H,6-8H2,1H3. The summed E-state index contributed by atoms with van der Waals surface area (Å²) in [5, 5.41) is 4.41. The average molecular weight is 301 g/mol. The molecule has 0 radical (unpaired) electrons. The predicted octanol–water partition coefficient (Wildman–Crippen LogP) is 0.864. The maximum Gasteiger partial charge on any atom is 0.310 e. The Bertz CT molecular complexity index is 589. The summed E-state index contributed by atoms with van der Waals surface area (Å²) in [6, 6.07) is 3.69. The van der Waals surface area contributed by atoms with Crippen molar-refractivity contribution in [2.45, 2.75) is 19.0 Å². The SMILES string of the molecule is COC(=O)Cc1ccc(CNC2C=CS(=O)(=O)C2)s1. The Morgan fingerprint density at radius 3 is 2.84 bits per heavy atom. The van der Waals surface area contributed by atoms with Gasteiger partial charge in [-0.1, -0.05) is 6.08 Å². The fourth-order valence-corrected chi connectivity index (χ4v) is 3.99. The van der Waals surface area contributed by atoms with Gasteiger partial charge in [-0.3, -0.25) is 4.79 Å². The topological polar surface area (TPSA) is 72.5 Å². The van der Waals surface area contributed by atoms with E-state index in [1.165, 1.54) is 23.9 Å². The van der Waals surface area contributed by atoms with Crippen LogP contribution in [-0.2, 0) is 32.3 Å². The zero-order valence-electron chi connectivity index (χ0n) is 10.5. The van der Waals surface area contributed by atoms with Gasteiger partial charge in [-0.25, -0.2) is 8.42 Å². The van der Waals surface area contributed by atoms with Gasteiger partial charge in [0.1, 0.15) is 0 Å². The zero-order valence-corrected chi connectivity index (χ0v) is 12.1. The molecule has 1 atom stereocenters. The molecule has 1 unspecified atom stereocenters. The molecule has 0 saturated carbocycles. The number of hydrogen-bond donors (Lipinski definition) is 1. The van der Waals surface area contributed by atoms with Crippen LogP contribution < -0.4 is 5.32 Å². The second-order valence-electron chi connectivity index (χ2n) is 4.27. The van der Waals surface area contributed by atoms with E-state index >= 15 is 0 Å². The van der Waals surface area contributed by atoms with Gasteiger partial charge in [-0.05, 0) is 12.1 Å². The molecule has 5 nitrogen and oxygen atoms in total. The van der Waals surface area contributed by atoms with E-state index < -0.39 is 9.84 Å². The number of esters is 1. The largest absolute Gasteiger partial charge is 0.469 e. The van der Waals surface area contributed by atoms with Crippen molar-refractivity contribution in [2.24, 2.45) is 0 Å². The number of carbonyl (C=O) groups excluding carboxylic acids is 1. The minimum absolute atomic E-state index is 0.118. The first-order valence-corrected chi connectivity index (χ1v) is 8.30. The molecule has 0 saturated heterocycles. The Balaban J connectivity index is 1.84. The second kappa shape index (κ2) is 5.85. The molecule has 2 heterocycles. The van der Waals surface area contributed by atoms with E-state index in [4.69, 9.17) is 0 Å². The van der Waals surface area contributed by atoms with Crippen molar-refractivity contribution in [1.82, 2.24) is 5.32 Å². The van der Waals surface area contributed by atoms with Crippen molar-refractivity contribution in [3.05, 3.63) is 33.4 Å². The number of thiophene rings is 1. The minimum Gasteiger partial charge on any atom is -0.469 e. The van der Waals surface area contributed by atoms with Crippen molar-refractivity contribution in [3.8, 4) is 0 Å². The highest BCUT2D eigenvalue weighted by Gasteiger charge is 2.21. The summed E-state index contributed by atoms with van der Waals surface area (Å²) in [5.74, 6) is -0.140. The lowest BCUT2D eigenvalue weighted by Gasteiger charge is -2.07. The number of ether oxygens (including phenoxy) is 1. The second-order valence-corrected chi connectivity index (χ2v) is 7.45. The fraction of sp³-hybridized carbons (Fsp3) is 0.417. The summed E-state index contributed by atoms with van der Waals surface area (Å²) in [4.78, 5) is 13.1. The Morgan fingerprint density at radius 2 is 2.21 bits per heavy atom. The molecule has 1 aliphatic heterocycles. The van der Waals surface area contributed by atoms with Crippen LogP contribution in [0, 0.1) is 0 Å². The summed E-state index contributed by atoms with van der Waals surface area (Å²) < 4.78 is 27.1. The van der Waals surface area contributed by atoms with E-state index in [1.54, 1.807) is 6.08 Å². The summed E-state index contributed by atoms with van der Waals surface area (Å²) in [6.45, 7) is 0.594. The van der Waals surface area contributed by atoms with Crippen molar-refractivity contribution in [2.75, 3.05) is 12.9 Å². The van der Waals surface area contributed by atoms with Gasteiger partial charge in [-0.2, -0.15) is 0 Å². The number of hydrogen-bond acceptors (Lipinski definition) is 6. The molecule has 1 aliphatic rings. The van der Waals surface area contributed by atoms with Crippen LogP contribution in [0.1, 0.15) is 9.75 Å². The van der Waals surface area contributed by atoms with E-state index in [9.17, 15) is 13.2 Å². The average Bonchev–Trinajstić information content (AvgIpc) is 2.93. The van der Waals surface area contributed by atoms with E-state index in [0.717, 1.165) is 9.75 Å². The Morgan fingerprint density at radius 1 is 1.47 bits per heavy atom. The van der Waals surface area contributed by atoms with Gasteiger partial charge in [0.2, 0.25) is 0 Å². The van der Waals surface area contributed by atoms with Crippen LogP contribution in [0.2, 0.25) is 0 Å². The third kappa shape index (κ3) is 4.15. The van der Waals surface area contributed by atoms with Gasteiger partial charge in [0.25, 0.3) is 0 Å². The monoisotopic (exact) mass is 301 g/mol. The number of nitrogens with one attached hydrogen (secondary N) is 1. The molecule has 1 aromatic heterocycles. The minimum atomic E-state index is -3.01. The lowest BCUT2D eigenvalue weighted by atomic mass is 10.3. The summed E-state index contributed by atoms with van der Waals surface area (Å²) in [7, 11) is -1.65. The van der Waals surface area contributed by atoms with Crippen molar-refractivity contribution >= 4 is 27.1 Å². The Hall–Kier alpha value is -1.18. The number of carbonyl (C=O) groups is 1. The smallest absolute Gasteiger partial charge is 0.310 e. The van der Waals surface area contributed by atoms with Gasteiger partial charge in [-0.15, -0.1) is 11.3 Å². The third-order valence-corrected chi connectivity index (χ3v) is 5.21. The van der Waals surface area contributed by atoms with E-state index in [0.29, 0.717) is 6.54 Å². The van der Waals surface area contributed by atoms with Crippen LogP contribution in [0.5, 0.6) is 0 Å². The molecule has 104 valence electrons.